The van der Waals surface area contributed by atoms with Crippen molar-refractivity contribution in [2.24, 2.45) is 0 Å². The quantitative estimate of drug-likeness (QED) is 0.524. The molecule has 0 saturated carbocycles. The number of phenolic OH excluding ortho intramolecular Hbond substituents is 1. The molecule has 4 heteroatoms. The van der Waals surface area contributed by atoms with E-state index in [-0.39, 0.29) is 11.7 Å². The van der Waals surface area contributed by atoms with Crippen LogP contribution < -0.4 is 10.6 Å². The summed E-state index contributed by atoms with van der Waals surface area (Å²) >= 11 is 0. The summed E-state index contributed by atoms with van der Waals surface area (Å²) in [4.78, 5) is 11.5. The van der Waals surface area contributed by atoms with E-state index < -0.39 is 0 Å². The summed E-state index contributed by atoms with van der Waals surface area (Å²) in [6.45, 7) is 5.40. The molecule has 0 spiro atoms. The van der Waals surface area contributed by atoms with E-state index in [0.29, 0.717) is 18.7 Å². The summed E-state index contributed by atoms with van der Waals surface area (Å²) < 4.78 is 0. The van der Waals surface area contributed by atoms with Gasteiger partial charge in [-0.3, -0.25) is 4.79 Å². The number of benzene rings is 1. The van der Waals surface area contributed by atoms with Crippen molar-refractivity contribution in [3.63, 3.8) is 0 Å². The number of amides is 1. The van der Waals surface area contributed by atoms with Gasteiger partial charge in [0.2, 0.25) is 5.91 Å². The average Bonchev–Trinajstić information content (AvgIpc) is 2.24. The van der Waals surface area contributed by atoms with Crippen LogP contribution in [0, 0.1) is 6.92 Å². The molecule has 88 valence electrons. The minimum atomic E-state index is -0.0955. The Morgan fingerprint density at radius 3 is 2.88 bits per heavy atom. The Balaban J connectivity index is 2.52. The van der Waals surface area contributed by atoms with Crippen LogP contribution in [0.2, 0.25) is 0 Å². The van der Waals surface area contributed by atoms with Gasteiger partial charge in [-0.25, -0.2) is 0 Å². The highest BCUT2D eigenvalue weighted by molar-refractivity contribution is 5.92. The molecule has 0 bridgehead atoms. The van der Waals surface area contributed by atoms with Crippen molar-refractivity contribution in [2.45, 2.75) is 20.3 Å². The van der Waals surface area contributed by atoms with Gasteiger partial charge in [0.1, 0.15) is 5.75 Å². The van der Waals surface area contributed by atoms with Gasteiger partial charge in [0.25, 0.3) is 0 Å². The number of rotatable bonds is 5. The third-order valence-corrected chi connectivity index (χ3v) is 2.20. The number of aryl methyl sites for hydroxylation is 1. The van der Waals surface area contributed by atoms with Gasteiger partial charge in [-0.1, -0.05) is 13.0 Å². The molecule has 1 amide bonds. The van der Waals surface area contributed by atoms with Gasteiger partial charge in [-0.05, 0) is 31.2 Å². The van der Waals surface area contributed by atoms with Gasteiger partial charge in [0.05, 0.1) is 5.69 Å². The van der Waals surface area contributed by atoms with Crippen LogP contribution in [0.4, 0.5) is 5.69 Å². The number of hydrogen-bond acceptors (Lipinski definition) is 3. The predicted octanol–water partition coefficient (Wildman–Crippen LogP) is 1.64. The number of carbonyl (C=O) groups is 1. The Bertz CT molecular complexity index is 364. The Labute approximate surface area is 95.7 Å². The Hall–Kier alpha value is -1.55. The first-order valence-electron chi connectivity index (χ1n) is 5.43. The van der Waals surface area contributed by atoms with Crippen molar-refractivity contribution in [1.29, 1.82) is 0 Å². The number of carbonyl (C=O) groups excluding carboxylic acids is 1. The third kappa shape index (κ3) is 3.90. The van der Waals surface area contributed by atoms with Gasteiger partial charge in [0, 0.05) is 13.0 Å². The van der Waals surface area contributed by atoms with E-state index in [1.807, 2.05) is 13.8 Å². The average molecular weight is 222 g/mol. The van der Waals surface area contributed by atoms with Crippen LogP contribution in [0.25, 0.3) is 0 Å². The zero-order chi connectivity index (χ0) is 12.0. The molecular formula is C12H18N2O2. The smallest absolute Gasteiger partial charge is 0.225 e. The monoisotopic (exact) mass is 222 g/mol. The number of nitrogens with one attached hydrogen (secondary N) is 2. The number of phenols is 1. The minimum Gasteiger partial charge on any atom is -0.506 e. The predicted molar refractivity (Wildman–Crippen MR) is 64.6 cm³/mol. The van der Waals surface area contributed by atoms with E-state index in [4.69, 9.17) is 0 Å². The molecule has 0 aliphatic heterocycles. The lowest BCUT2D eigenvalue weighted by Gasteiger charge is -2.08. The second-order valence-electron chi connectivity index (χ2n) is 3.67. The summed E-state index contributed by atoms with van der Waals surface area (Å²) in [5, 5.41) is 15.3. The van der Waals surface area contributed by atoms with E-state index in [9.17, 15) is 9.90 Å². The van der Waals surface area contributed by atoms with E-state index in [1.54, 1.807) is 18.2 Å². The van der Waals surface area contributed by atoms with Crippen LogP contribution >= 0.6 is 0 Å². The van der Waals surface area contributed by atoms with Crippen molar-refractivity contribution < 1.29 is 9.90 Å². The molecule has 0 saturated heterocycles. The second-order valence-corrected chi connectivity index (χ2v) is 3.67. The van der Waals surface area contributed by atoms with Crippen molar-refractivity contribution in [3.05, 3.63) is 23.8 Å². The summed E-state index contributed by atoms with van der Waals surface area (Å²) in [7, 11) is 0. The lowest BCUT2D eigenvalue weighted by Crippen LogP contribution is -2.21. The maximum Gasteiger partial charge on any atom is 0.225 e. The van der Waals surface area contributed by atoms with Crippen LogP contribution in [-0.4, -0.2) is 24.1 Å². The van der Waals surface area contributed by atoms with Gasteiger partial charge in [0.15, 0.2) is 0 Å². The molecular weight excluding hydrogens is 204 g/mol. The molecule has 1 aromatic carbocycles. The third-order valence-electron chi connectivity index (χ3n) is 2.20. The van der Waals surface area contributed by atoms with Gasteiger partial charge < -0.3 is 15.7 Å². The summed E-state index contributed by atoms with van der Waals surface area (Å²) in [6.07, 6.45) is 0.404. The summed E-state index contributed by atoms with van der Waals surface area (Å²) in [5.74, 6) is 0.00394. The standard InChI is InChI=1S/C12H18N2O2/c1-3-13-7-6-12(16)14-10-8-9(2)4-5-11(10)15/h4-5,8,13,15H,3,6-7H2,1-2H3,(H,14,16). The fraction of sp³-hybridized carbons (Fsp3) is 0.417. The molecule has 0 aliphatic rings. The molecule has 1 aromatic rings. The highest BCUT2D eigenvalue weighted by Gasteiger charge is 2.05. The fourth-order valence-electron chi connectivity index (χ4n) is 1.34. The van der Waals surface area contributed by atoms with Crippen LogP contribution in [0.1, 0.15) is 18.9 Å². The second kappa shape index (κ2) is 6.12. The largest absolute Gasteiger partial charge is 0.506 e. The van der Waals surface area contributed by atoms with E-state index in [2.05, 4.69) is 10.6 Å². The first-order chi connectivity index (χ1) is 7.63. The van der Waals surface area contributed by atoms with Gasteiger partial charge in [-0.15, -0.1) is 0 Å². The van der Waals surface area contributed by atoms with Gasteiger partial charge in [-0.2, -0.15) is 0 Å². The molecule has 0 aromatic heterocycles. The maximum absolute atomic E-state index is 11.5. The Morgan fingerprint density at radius 2 is 2.19 bits per heavy atom. The first kappa shape index (κ1) is 12.5. The number of anilines is 1. The SMILES string of the molecule is CCNCCC(=O)Nc1cc(C)ccc1O. The maximum atomic E-state index is 11.5. The molecule has 3 N–H and O–H groups in total. The molecule has 0 unspecified atom stereocenters. The minimum absolute atomic E-state index is 0.0955. The normalized spacial score (nSPS) is 10.1. The molecule has 0 aliphatic carbocycles. The Morgan fingerprint density at radius 1 is 1.44 bits per heavy atom. The van der Waals surface area contributed by atoms with Crippen molar-refractivity contribution >= 4 is 11.6 Å². The van der Waals surface area contributed by atoms with E-state index in [1.165, 1.54) is 0 Å². The van der Waals surface area contributed by atoms with Crippen molar-refractivity contribution in [1.82, 2.24) is 5.32 Å². The van der Waals surface area contributed by atoms with E-state index in [0.717, 1.165) is 12.1 Å². The first-order valence-corrected chi connectivity index (χ1v) is 5.43. The van der Waals surface area contributed by atoms with Crippen LogP contribution in [0.5, 0.6) is 5.75 Å². The lowest BCUT2D eigenvalue weighted by atomic mass is 10.2. The van der Waals surface area contributed by atoms with Crippen LogP contribution in [0.3, 0.4) is 0 Å². The van der Waals surface area contributed by atoms with Crippen molar-refractivity contribution in [2.75, 3.05) is 18.4 Å². The van der Waals surface area contributed by atoms with Crippen molar-refractivity contribution in [3.8, 4) is 5.75 Å². The molecule has 0 fully saturated rings. The summed E-state index contributed by atoms with van der Waals surface area (Å²) in [5.41, 5.74) is 1.47. The highest BCUT2D eigenvalue weighted by atomic mass is 16.3. The Kier molecular flexibility index (Phi) is 4.79. The fourth-order valence-corrected chi connectivity index (χ4v) is 1.34. The van der Waals surface area contributed by atoms with Gasteiger partial charge >= 0.3 is 0 Å². The molecule has 0 atom stereocenters. The highest BCUT2D eigenvalue weighted by Crippen LogP contribution is 2.23. The lowest BCUT2D eigenvalue weighted by molar-refractivity contribution is -0.116. The zero-order valence-corrected chi connectivity index (χ0v) is 9.71. The number of aromatic hydroxyl groups is 1. The molecule has 16 heavy (non-hydrogen) atoms. The topological polar surface area (TPSA) is 61.4 Å². The molecule has 1 rings (SSSR count). The number of hydrogen-bond donors (Lipinski definition) is 3. The summed E-state index contributed by atoms with van der Waals surface area (Å²) in [6, 6.07) is 5.12. The molecule has 4 nitrogen and oxygen atoms in total. The molecule has 0 radical (unpaired) electrons. The molecule has 0 heterocycles. The zero-order valence-electron chi connectivity index (χ0n) is 9.71. The van der Waals surface area contributed by atoms with Crippen LogP contribution in [0.15, 0.2) is 18.2 Å². The van der Waals surface area contributed by atoms with Crippen LogP contribution in [-0.2, 0) is 4.79 Å². The van der Waals surface area contributed by atoms with E-state index >= 15 is 0 Å².